The van der Waals surface area contributed by atoms with E-state index in [1.165, 1.54) is 22.3 Å². The zero-order valence-electron chi connectivity index (χ0n) is 30.2. The van der Waals surface area contributed by atoms with E-state index in [9.17, 15) is 4.79 Å². The van der Waals surface area contributed by atoms with Crippen LogP contribution in [0.15, 0.2) is 103 Å². The van der Waals surface area contributed by atoms with Crippen LogP contribution >= 0.6 is 35.6 Å². The number of ether oxygens (including phenoxy) is 3. The third-order valence-electron chi connectivity index (χ3n) is 9.19. The Morgan fingerprint density at radius 3 is 2.21 bits per heavy atom. The molecule has 1 fully saturated rings. The summed E-state index contributed by atoms with van der Waals surface area (Å²) in [5.74, 6) is 2.40. The fourth-order valence-electron chi connectivity index (χ4n) is 5.94. The molecule has 0 unspecified atom stereocenters. The first kappa shape index (κ1) is 39.7. The maximum atomic E-state index is 13.1. The molecule has 1 aliphatic rings. The van der Waals surface area contributed by atoms with Gasteiger partial charge in [-0.2, -0.15) is 0 Å². The minimum atomic E-state index is -0.0119. The Bertz CT molecular complexity index is 1990. The van der Waals surface area contributed by atoms with Crippen molar-refractivity contribution in [3.05, 3.63) is 152 Å². The lowest BCUT2D eigenvalue weighted by Gasteiger charge is -2.34. The highest BCUT2D eigenvalue weighted by molar-refractivity contribution is 6.32. The molecule has 276 valence electrons. The first-order valence-electron chi connectivity index (χ1n) is 17.5. The van der Waals surface area contributed by atoms with Crippen LogP contribution in [0.25, 0.3) is 6.08 Å². The topological polar surface area (TPSA) is 64.1 Å². The van der Waals surface area contributed by atoms with E-state index in [1.54, 1.807) is 36.5 Å². The van der Waals surface area contributed by atoms with Crippen LogP contribution in [0.2, 0.25) is 10.0 Å². The van der Waals surface area contributed by atoms with Crippen molar-refractivity contribution in [1.29, 1.82) is 0 Å². The number of carbonyl (C=O) groups excluding carboxylic acids is 1. The Hall–Kier alpha value is -4.53. The number of halogens is 3. The number of amides is 1. The fraction of sp³-hybridized carbons (Fsp3) is 0.256. The van der Waals surface area contributed by atoms with Gasteiger partial charge in [-0.25, -0.2) is 4.98 Å². The first-order valence-corrected chi connectivity index (χ1v) is 18.2. The first-order chi connectivity index (χ1) is 25.2. The van der Waals surface area contributed by atoms with Crippen molar-refractivity contribution in [3.63, 3.8) is 0 Å². The second-order valence-corrected chi connectivity index (χ2v) is 13.9. The molecule has 2 heterocycles. The van der Waals surface area contributed by atoms with E-state index in [4.69, 9.17) is 37.4 Å². The van der Waals surface area contributed by atoms with Gasteiger partial charge in [-0.15, -0.1) is 12.4 Å². The number of carbonyl (C=O) groups is 1. The zero-order valence-corrected chi connectivity index (χ0v) is 32.5. The van der Waals surface area contributed by atoms with Crippen LogP contribution in [0.4, 0.5) is 0 Å². The molecular weight excluding hydrogens is 729 g/mol. The van der Waals surface area contributed by atoms with Crippen LogP contribution in [0.1, 0.15) is 38.9 Å². The van der Waals surface area contributed by atoms with Gasteiger partial charge in [0.05, 0.1) is 17.8 Å². The van der Waals surface area contributed by atoms with Crippen molar-refractivity contribution in [1.82, 2.24) is 14.8 Å². The summed E-state index contributed by atoms with van der Waals surface area (Å²) in [6.07, 6.45) is 5.88. The number of hydrogen-bond acceptors (Lipinski definition) is 6. The lowest BCUT2D eigenvalue weighted by Crippen LogP contribution is -2.47. The van der Waals surface area contributed by atoms with E-state index in [0.29, 0.717) is 53.7 Å². The maximum Gasteiger partial charge on any atom is 0.246 e. The molecule has 53 heavy (non-hydrogen) atoms. The van der Waals surface area contributed by atoms with Gasteiger partial charge in [-0.3, -0.25) is 9.69 Å². The van der Waals surface area contributed by atoms with Gasteiger partial charge >= 0.3 is 0 Å². The third-order valence-corrected chi connectivity index (χ3v) is 9.84. The number of aryl methyl sites for hydroxylation is 3. The fourth-order valence-corrected chi connectivity index (χ4v) is 6.44. The smallest absolute Gasteiger partial charge is 0.246 e. The van der Waals surface area contributed by atoms with Crippen LogP contribution in [0.3, 0.4) is 0 Å². The molecule has 0 N–H and O–H groups in total. The predicted octanol–water partition coefficient (Wildman–Crippen LogP) is 10.1. The molecule has 7 nitrogen and oxygen atoms in total. The monoisotopic (exact) mass is 771 g/mol. The summed E-state index contributed by atoms with van der Waals surface area (Å²) in [6.45, 7) is 11.0. The Kier molecular flexibility index (Phi) is 14.2. The molecule has 0 spiro atoms. The molecule has 0 radical (unpaired) electrons. The largest absolute Gasteiger partial charge is 0.493 e. The summed E-state index contributed by atoms with van der Waals surface area (Å²) in [5, 5.41) is 1.09. The van der Waals surface area contributed by atoms with Gasteiger partial charge in [0, 0.05) is 61.9 Å². The second-order valence-electron chi connectivity index (χ2n) is 13.1. The average Bonchev–Trinajstić information content (AvgIpc) is 3.15. The molecule has 1 saturated heterocycles. The molecule has 10 heteroatoms. The Labute approximate surface area is 328 Å². The number of piperazine rings is 1. The Balaban J connectivity index is 0.00000541. The van der Waals surface area contributed by atoms with Crippen LogP contribution in [0.5, 0.6) is 23.1 Å². The molecule has 0 bridgehead atoms. The Morgan fingerprint density at radius 2 is 1.51 bits per heavy atom. The van der Waals surface area contributed by atoms with Crippen LogP contribution in [0, 0.1) is 20.8 Å². The van der Waals surface area contributed by atoms with Crippen molar-refractivity contribution in [2.75, 3.05) is 32.8 Å². The summed E-state index contributed by atoms with van der Waals surface area (Å²) in [6, 6.07) is 29.8. The molecule has 4 aromatic carbocycles. The van der Waals surface area contributed by atoms with Crippen LogP contribution in [-0.2, 0) is 24.4 Å². The zero-order chi connectivity index (χ0) is 36.5. The number of rotatable bonds is 13. The molecule has 6 rings (SSSR count). The average molecular weight is 773 g/mol. The van der Waals surface area contributed by atoms with Crippen molar-refractivity contribution >= 4 is 47.6 Å². The second kappa shape index (κ2) is 19.0. The summed E-state index contributed by atoms with van der Waals surface area (Å²) in [7, 11) is 0. The molecule has 0 saturated carbocycles. The summed E-state index contributed by atoms with van der Waals surface area (Å²) < 4.78 is 17.8. The minimum Gasteiger partial charge on any atom is -0.493 e. The molecule has 0 atom stereocenters. The highest BCUT2D eigenvalue weighted by Gasteiger charge is 2.20. The Morgan fingerprint density at radius 1 is 0.774 bits per heavy atom. The summed E-state index contributed by atoms with van der Waals surface area (Å²) >= 11 is 12.8. The maximum absolute atomic E-state index is 13.1. The number of benzene rings is 4. The normalized spacial score (nSPS) is 13.1. The molecule has 1 aromatic heterocycles. The summed E-state index contributed by atoms with van der Waals surface area (Å²) in [4.78, 5) is 21.7. The van der Waals surface area contributed by atoms with Gasteiger partial charge in [0.2, 0.25) is 11.8 Å². The molecule has 1 aliphatic heterocycles. The van der Waals surface area contributed by atoms with E-state index in [-0.39, 0.29) is 18.3 Å². The van der Waals surface area contributed by atoms with E-state index >= 15 is 0 Å². The van der Waals surface area contributed by atoms with Crippen molar-refractivity contribution < 1.29 is 19.0 Å². The van der Waals surface area contributed by atoms with Gasteiger partial charge in [0.25, 0.3) is 0 Å². The van der Waals surface area contributed by atoms with Gasteiger partial charge in [-0.1, -0.05) is 71.7 Å². The highest BCUT2D eigenvalue weighted by Crippen LogP contribution is 2.34. The van der Waals surface area contributed by atoms with Crippen molar-refractivity contribution in [2.45, 2.75) is 40.3 Å². The third kappa shape index (κ3) is 11.2. The molecule has 0 aliphatic carbocycles. The van der Waals surface area contributed by atoms with Gasteiger partial charge in [0.15, 0.2) is 5.75 Å². The van der Waals surface area contributed by atoms with E-state index in [0.717, 1.165) is 48.5 Å². The van der Waals surface area contributed by atoms with E-state index < -0.39 is 0 Å². The van der Waals surface area contributed by atoms with Crippen LogP contribution < -0.4 is 14.2 Å². The number of pyridine rings is 1. The van der Waals surface area contributed by atoms with E-state index in [1.807, 2.05) is 48.2 Å². The molecule has 5 aromatic rings. The number of nitrogens with zero attached hydrogens (tertiary/aromatic N) is 3. The van der Waals surface area contributed by atoms with Crippen LogP contribution in [-0.4, -0.2) is 53.5 Å². The molecule has 1 amide bonds. The van der Waals surface area contributed by atoms with Gasteiger partial charge in [-0.05, 0) is 96.6 Å². The van der Waals surface area contributed by atoms with Gasteiger partial charge in [0.1, 0.15) is 18.1 Å². The number of aromatic nitrogens is 1. The lowest BCUT2D eigenvalue weighted by molar-refractivity contribution is -0.127. The van der Waals surface area contributed by atoms with Crippen molar-refractivity contribution in [3.8, 4) is 23.1 Å². The van der Waals surface area contributed by atoms with Gasteiger partial charge < -0.3 is 19.1 Å². The SMILES string of the molecule is Cc1ccc(OCCc2ccc(CN3CCN(C(=O)C=Cc4cc(C)c(Oc5ccc(OCc6ccccc6Cl)cn5)c(Cl)c4)CC3)cc2)cc1C.Cl. The number of hydrogen-bond donors (Lipinski definition) is 0. The highest BCUT2D eigenvalue weighted by atomic mass is 35.5. The standard InChI is InChI=1S/C43H43Cl2N3O4.ClH/c1-30-8-14-37(25-31(30)2)50-23-18-33-9-11-34(12-10-33)28-47-19-21-48(22-20-47)42(49)17-13-35-24-32(3)43(40(45)26-35)52-41-16-15-38(27-46-41)51-29-36-6-4-5-7-39(36)44;/h4-17,24-27H,18-23,28-29H2,1-3H3;1H. The van der Waals surface area contributed by atoms with E-state index in [2.05, 4.69) is 60.1 Å². The van der Waals surface area contributed by atoms with Crippen molar-refractivity contribution in [2.24, 2.45) is 0 Å². The summed E-state index contributed by atoms with van der Waals surface area (Å²) in [5.41, 5.74) is 7.58. The molecular formula is C43H44Cl3N3O4. The quantitative estimate of drug-likeness (QED) is 0.111. The predicted molar refractivity (Wildman–Crippen MR) is 216 cm³/mol. The lowest BCUT2D eigenvalue weighted by atomic mass is 10.1. The minimum absolute atomic E-state index is 0.